The molecule has 0 fully saturated rings. The van der Waals surface area contributed by atoms with Crippen LogP contribution < -0.4 is 5.32 Å². The molecule has 0 amide bonds. The number of aliphatic hydroxyl groups is 1. The van der Waals surface area contributed by atoms with E-state index in [-0.39, 0.29) is 18.8 Å². The van der Waals surface area contributed by atoms with Gasteiger partial charge in [0.25, 0.3) is 0 Å². The molecule has 1 aromatic rings. The zero-order chi connectivity index (χ0) is 15.0. The third kappa shape index (κ3) is 5.77. The Bertz CT molecular complexity index is 399. The number of rotatable bonds is 8. The Kier molecular flexibility index (Phi) is 6.77. The minimum Gasteiger partial charge on any atom is -0.389 e. The lowest BCUT2D eigenvalue weighted by atomic mass is 10.1. The number of anilines is 1. The van der Waals surface area contributed by atoms with Gasteiger partial charge in [0.15, 0.2) is 0 Å². The van der Waals surface area contributed by atoms with Crippen molar-refractivity contribution < 1.29 is 27.8 Å². The third-order valence-corrected chi connectivity index (χ3v) is 2.50. The van der Waals surface area contributed by atoms with E-state index in [0.717, 1.165) is 6.07 Å². The summed E-state index contributed by atoms with van der Waals surface area (Å²) in [5, 5.41) is 12.2. The lowest BCUT2D eigenvalue weighted by Gasteiger charge is -2.17. The lowest BCUT2D eigenvalue weighted by molar-refractivity contribution is -0.137. The molecule has 1 unspecified atom stereocenters. The third-order valence-electron chi connectivity index (χ3n) is 2.50. The Morgan fingerprint density at radius 2 is 1.95 bits per heavy atom. The van der Waals surface area contributed by atoms with E-state index in [0.29, 0.717) is 13.2 Å². The van der Waals surface area contributed by atoms with Crippen LogP contribution in [-0.4, -0.2) is 44.7 Å². The number of para-hydroxylation sites is 1. The average molecular weight is 293 g/mol. The predicted octanol–water partition coefficient (Wildman–Crippen LogP) is 2.14. The molecule has 0 aliphatic carbocycles. The highest BCUT2D eigenvalue weighted by Gasteiger charge is 2.33. The Labute approximate surface area is 115 Å². The summed E-state index contributed by atoms with van der Waals surface area (Å²) in [6.07, 6.45) is -5.32. The second kappa shape index (κ2) is 8.08. The molecule has 7 heteroatoms. The largest absolute Gasteiger partial charge is 0.418 e. The number of hydrogen-bond donors (Lipinski definition) is 2. The van der Waals surface area contributed by atoms with Gasteiger partial charge in [-0.2, -0.15) is 13.2 Å². The Balaban J connectivity index is 2.45. The van der Waals surface area contributed by atoms with Gasteiger partial charge in [0.05, 0.1) is 31.5 Å². The number of ether oxygens (including phenoxy) is 2. The average Bonchev–Trinajstić information content (AvgIpc) is 2.40. The number of nitrogens with one attached hydrogen (secondary N) is 1. The summed E-state index contributed by atoms with van der Waals surface area (Å²) in [6.45, 7) is 0.731. The molecule has 0 bridgehead atoms. The number of aliphatic hydroxyl groups excluding tert-OH is 1. The summed E-state index contributed by atoms with van der Waals surface area (Å²) in [5.41, 5.74) is -0.816. The van der Waals surface area contributed by atoms with Crippen molar-refractivity contribution in [2.75, 3.05) is 38.8 Å². The fourth-order valence-corrected chi connectivity index (χ4v) is 1.53. The zero-order valence-electron chi connectivity index (χ0n) is 11.1. The Morgan fingerprint density at radius 1 is 1.25 bits per heavy atom. The normalized spacial score (nSPS) is 13.2. The number of alkyl halides is 3. The Hall–Kier alpha value is -1.31. The van der Waals surface area contributed by atoms with Crippen LogP contribution in [0.5, 0.6) is 0 Å². The quantitative estimate of drug-likeness (QED) is 0.721. The molecule has 1 aromatic carbocycles. The molecule has 0 aliphatic rings. The van der Waals surface area contributed by atoms with E-state index in [9.17, 15) is 18.3 Å². The summed E-state index contributed by atoms with van der Waals surface area (Å²) in [6, 6.07) is 5.13. The molecule has 0 spiro atoms. The van der Waals surface area contributed by atoms with Gasteiger partial charge >= 0.3 is 6.18 Å². The maximum atomic E-state index is 12.7. The summed E-state index contributed by atoms with van der Waals surface area (Å²) in [7, 11) is 1.52. The number of halogens is 3. The first kappa shape index (κ1) is 16.7. The smallest absolute Gasteiger partial charge is 0.389 e. The van der Waals surface area contributed by atoms with E-state index in [1.54, 1.807) is 0 Å². The topological polar surface area (TPSA) is 50.7 Å². The van der Waals surface area contributed by atoms with Gasteiger partial charge in [0.2, 0.25) is 0 Å². The number of benzene rings is 1. The molecule has 2 N–H and O–H groups in total. The fourth-order valence-electron chi connectivity index (χ4n) is 1.53. The van der Waals surface area contributed by atoms with Crippen molar-refractivity contribution in [1.29, 1.82) is 0 Å². The van der Waals surface area contributed by atoms with E-state index in [4.69, 9.17) is 9.47 Å². The van der Waals surface area contributed by atoms with Crippen LogP contribution in [-0.2, 0) is 15.7 Å². The number of methoxy groups -OCH3 is 1. The summed E-state index contributed by atoms with van der Waals surface area (Å²) in [5.74, 6) is 0. The van der Waals surface area contributed by atoms with Crippen LogP contribution in [0.1, 0.15) is 5.56 Å². The van der Waals surface area contributed by atoms with Gasteiger partial charge in [-0.25, -0.2) is 0 Å². The van der Waals surface area contributed by atoms with E-state index in [1.807, 2.05) is 0 Å². The molecule has 0 heterocycles. The van der Waals surface area contributed by atoms with Crippen molar-refractivity contribution in [1.82, 2.24) is 0 Å². The second-order valence-corrected chi connectivity index (χ2v) is 4.15. The van der Waals surface area contributed by atoms with Crippen LogP contribution in [0.2, 0.25) is 0 Å². The van der Waals surface area contributed by atoms with Crippen molar-refractivity contribution in [3.8, 4) is 0 Å². The van der Waals surface area contributed by atoms with Crippen molar-refractivity contribution in [2.45, 2.75) is 12.3 Å². The molecule has 4 nitrogen and oxygen atoms in total. The minimum atomic E-state index is -4.43. The van der Waals surface area contributed by atoms with Crippen LogP contribution in [0.25, 0.3) is 0 Å². The predicted molar refractivity (Wildman–Crippen MR) is 68.6 cm³/mol. The van der Waals surface area contributed by atoms with Crippen molar-refractivity contribution in [3.63, 3.8) is 0 Å². The van der Waals surface area contributed by atoms with Gasteiger partial charge < -0.3 is 19.9 Å². The molecular formula is C13H18F3NO3. The van der Waals surface area contributed by atoms with E-state index < -0.39 is 17.8 Å². The van der Waals surface area contributed by atoms with Gasteiger partial charge in [-0.15, -0.1) is 0 Å². The SMILES string of the molecule is COCCOCC(O)CNc1ccccc1C(F)(F)F. The first-order chi connectivity index (χ1) is 9.45. The van der Waals surface area contributed by atoms with Gasteiger partial charge in [-0.1, -0.05) is 12.1 Å². The second-order valence-electron chi connectivity index (χ2n) is 4.15. The highest BCUT2D eigenvalue weighted by Crippen LogP contribution is 2.34. The minimum absolute atomic E-state index is 0.0277. The number of hydrogen-bond acceptors (Lipinski definition) is 4. The summed E-state index contributed by atoms with van der Waals surface area (Å²) < 4.78 is 48.0. The van der Waals surface area contributed by atoms with Crippen LogP contribution in [0.15, 0.2) is 24.3 Å². The van der Waals surface area contributed by atoms with Crippen LogP contribution in [0.3, 0.4) is 0 Å². The molecule has 0 aromatic heterocycles. The summed E-state index contributed by atoms with van der Waals surface area (Å²) >= 11 is 0. The molecule has 0 aliphatic heterocycles. The molecule has 1 rings (SSSR count). The van der Waals surface area contributed by atoms with Crippen LogP contribution in [0, 0.1) is 0 Å². The highest BCUT2D eigenvalue weighted by atomic mass is 19.4. The maximum absolute atomic E-state index is 12.7. The molecule has 0 saturated carbocycles. The standard InChI is InChI=1S/C13H18F3NO3/c1-19-6-7-20-9-10(18)8-17-12-5-3-2-4-11(12)13(14,15)16/h2-5,10,17-18H,6-9H2,1H3. The van der Waals surface area contributed by atoms with Gasteiger partial charge in [-0.3, -0.25) is 0 Å². The molecule has 114 valence electrons. The van der Waals surface area contributed by atoms with Gasteiger partial charge in [-0.05, 0) is 12.1 Å². The zero-order valence-corrected chi connectivity index (χ0v) is 11.1. The van der Waals surface area contributed by atoms with E-state index >= 15 is 0 Å². The highest BCUT2D eigenvalue weighted by molar-refractivity contribution is 5.52. The van der Waals surface area contributed by atoms with Gasteiger partial charge in [0, 0.05) is 19.3 Å². The summed E-state index contributed by atoms with van der Waals surface area (Å²) in [4.78, 5) is 0. The molecular weight excluding hydrogens is 275 g/mol. The van der Waals surface area contributed by atoms with Crippen molar-refractivity contribution >= 4 is 5.69 Å². The molecule has 20 heavy (non-hydrogen) atoms. The molecule has 0 radical (unpaired) electrons. The lowest BCUT2D eigenvalue weighted by Crippen LogP contribution is -2.26. The van der Waals surface area contributed by atoms with Crippen LogP contribution >= 0.6 is 0 Å². The Morgan fingerprint density at radius 3 is 2.60 bits per heavy atom. The van der Waals surface area contributed by atoms with Crippen molar-refractivity contribution in [3.05, 3.63) is 29.8 Å². The van der Waals surface area contributed by atoms with E-state index in [2.05, 4.69) is 5.32 Å². The first-order valence-electron chi connectivity index (χ1n) is 6.10. The maximum Gasteiger partial charge on any atom is 0.418 e. The fraction of sp³-hybridized carbons (Fsp3) is 0.538. The van der Waals surface area contributed by atoms with Gasteiger partial charge in [0.1, 0.15) is 0 Å². The molecule has 1 atom stereocenters. The monoisotopic (exact) mass is 293 g/mol. The van der Waals surface area contributed by atoms with Crippen molar-refractivity contribution in [2.24, 2.45) is 0 Å². The van der Waals surface area contributed by atoms with E-state index in [1.165, 1.54) is 25.3 Å². The molecule has 0 saturated heterocycles. The first-order valence-corrected chi connectivity index (χ1v) is 6.10. The van der Waals surface area contributed by atoms with Crippen LogP contribution in [0.4, 0.5) is 18.9 Å².